The molecular weight excluding hydrogens is 280 g/mol. The van der Waals surface area contributed by atoms with E-state index in [1.54, 1.807) is 11.8 Å². The molecule has 0 aliphatic carbocycles. The second kappa shape index (κ2) is 6.68. The molecule has 0 fully saturated rings. The van der Waals surface area contributed by atoms with Crippen molar-refractivity contribution in [2.75, 3.05) is 24.4 Å². The summed E-state index contributed by atoms with van der Waals surface area (Å²) in [5.74, 6) is 0. The van der Waals surface area contributed by atoms with E-state index < -0.39 is 0 Å². The largest absolute Gasteiger partial charge is 0.389 e. The molecule has 0 aliphatic rings. The molecule has 0 atom stereocenters. The standard InChI is InChI=1S/C13H20N2S3/c1-13(2,18-4)8-15-9-6-5-7-10(17-3)11(9)12(14)16/h5-7,15H,8H2,1-4H3,(H2,14,16). The number of thiocarbonyl (C=S) groups is 1. The third kappa shape index (κ3) is 4.07. The molecule has 0 spiro atoms. The zero-order valence-electron chi connectivity index (χ0n) is 11.2. The van der Waals surface area contributed by atoms with Gasteiger partial charge in [0, 0.05) is 27.4 Å². The summed E-state index contributed by atoms with van der Waals surface area (Å²) in [5.41, 5.74) is 7.82. The fraction of sp³-hybridized carbons (Fsp3) is 0.462. The predicted octanol–water partition coefficient (Wildman–Crippen LogP) is 3.60. The highest BCUT2D eigenvalue weighted by Crippen LogP contribution is 2.28. The van der Waals surface area contributed by atoms with Gasteiger partial charge in [-0.05, 0) is 38.5 Å². The van der Waals surface area contributed by atoms with Crippen LogP contribution >= 0.6 is 35.7 Å². The highest BCUT2D eigenvalue weighted by Gasteiger charge is 2.17. The lowest BCUT2D eigenvalue weighted by atomic mass is 10.1. The smallest absolute Gasteiger partial charge is 0.107 e. The summed E-state index contributed by atoms with van der Waals surface area (Å²) >= 11 is 8.66. The van der Waals surface area contributed by atoms with Crippen molar-refractivity contribution >= 4 is 46.4 Å². The Balaban J connectivity index is 2.99. The Morgan fingerprint density at radius 1 is 1.39 bits per heavy atom. The van der Waals surface area contributed by atoms with Gasteiger partial charge in [-0.15, -0.1) is 11.8 Å². The zero-order valence-corrected chi connectivity index (χ0v) is 13.7. The molecule has 0 unspecified atom stereocenters. The van der Waals surface area contributed by atoms with Crippen molar-refractivity contribution in [2.24, 2.45) is 5.73 Å². The Morgan fingerprint density at radius 3 is 2.56 bits per heavy atom. The van der Waals surface area contributed by atoms with Crippen molar-refractivity contribution in [3.05, 3.63) is 23.8 Å². The van der Waals surface area contributed by atoms with E-state index in [2.05, 4.69) is 25.4 Å². The number of nitrogens with one attached hydrogen (secondary N) is 1. The lowest BCUT2D eigenvalue weighted by Crippen LogP contribution is -2.27. The van der Waals surface area contributed by atoms with Crippen molar-refractivity contribution in [3.8, 4) is 0 Å². The number of nitrogens with two attached hydrogens (primary N) is 1. The quantitative estimate of drug-likeness (QED) is 0.620. The first-order chi connectivity index (χ1) is 8.41. The van der Waals surface area contributed by atoms with Gasteiger partial charge >= 0.3 is 0 Å². The van der Waals surface area contributed by atoms with Gasteiger partial charge in [0.25, 0.3) is 0 Å². The van der Waals surface area contributed by atoms with Crippen LogP contribution in [0.3, 0.4) is 0 Å². The van der Waals surface area contributed by atoms with Gasteiger partial charge in [-0.3, -0.25) is 0 Å². The molecule has 0 saturated heterocycles. The summed E-state index contributed by atoms with van der Waals surface area (Å²) in [7, 11) is 0. The van der Waals surface area contributed by atoms with Crippen molar-refractivity contribution in [1.29, 1.82) is 0 Å². The first-order valence-corrected chi connectivity index (χ1v) is 8.53. The molecule has 0 heterocycles. The summed E-state index contributed by atoms with van der Waals surface area (Å²) in [4.78, 5) is 1.57. The lowest BCUT2D eigenvalue weighted by Gasteiger charge is -2.24. The minimum absolute atomic E-state index is 0.183. The van der Waals surface area contributed by atoms with Gasteiger partial charge in [-0.2, -0.15) is 11.8 Å². The van der Waals surface area contributed by atoms with Crippen LogP contribution < -0.4 is 11.1 Å². The van der Waals surface area contributed by atoms with Crippen LogP contribution in [0.1, 0.15) is 19.4 Å². The topological polar surface area (TPSA) is 38.0 Å². The minimum atomic E-state index is 0.183. The van der Waals surface area contributed by atoms with Gasteiger partial charge in [0.2, 0.25) is 0 Å². The lowest BCUT2D eigenvalue weighted by molar-refractivity contribution is 0.752. The van der Waals surface area contributed by atoms with E-state index in [1.807, 2.05) is 36.2 Å². The normalized spacial score (nSPS) is 11.3. The molecule has 1 rings (SSSR count). The maximum atomic E-state index is 5.84. The number of hydrogen-bond donors (Lipinski definition) is 2. The Bertz CT molecular complexity index is 430. The number of hydrogen-bond acceptors (Lipinski definition) is 4. The van der Waals surface area contributed by atoms with Crippen LogP contribution in [0.4, 0.5) is 5.69 Å². The summed E-state index contributed by atoms with van der Waals surface area (Å²) in [5, 5.41) is 3.46. The molecule has 2 nitrogen and oxygen atoms in total. The summed E-state index contributed by atoms with van der Waals surface area (Å²) in [6.45, 7) is 5.30. The molecule has 3 N–H and O–H groups in total. The van der Waals surface area contributed by atoms with Crippen LogP contribution in [-0.4, -0.2) is 28.8 Å². The third-order valence-electron chi connectivity index (χ3n) is 2.75. The molecule has 1 aromatic carbocycles. The molecule has 0 bridgehead atoms. The van der Waals surface area contributed by atoms with E-state index >= 15 is 0 Å². The van der Waals surface area contributed by atoms with Gasteiger partial charge in [0.1, 0.15) is 4.99 Å². The highest BCUT2D eigenvalue weighted by atomic mass is 32.2. The maximum Gasteiger partial charge on any atom is 0.107 e. The fourth-order valence-electron chi connectivity index (χ4n) is 1.48. The molecular formula is C13H20N2S3. The Kier molecular flexibility index (Phi) is 5.82. The van der Waals surface area contributed by atoms with Gasteiger partial charge in [0.15, 0.2) is 0 Å². The maximum absolute atomic E-state index is 5.84. The molecule has 0 amide bonds. The Hall–Kier alpha value is -0.390. The Morgan fingerprint density at radius 2 is 2.06 bits per heavy atom. The first-order valence-electron chi connectivity index (χ1n) is 5.67. The predicted molar refractivity (Wildman–Crippen MR) is 90.2 cm³/mol. The van der Waals surface area contributed by atoms with E-state index in [4.69, 9.17) is 18.0 Å². The van der Waals surface area contributed by atoms with Crippen LogP contribution in [-0.2, 0) is 0 Å². The molecule has 0 saturated carbocycles. The fourth-order valence-corrected chi connectivity index (χ4v) is 2.62. The molecule has 18 heavy (non-hydrogen) atoms. The third-order valence-corrected chi connectivity index (χ3v) is 4.98. The average Bonchev–Trinajstić information content (AvgIpc) is 2.35. The molecule has 0 radical (unpaired) electrons. The van der Waals surface area contributed by atoms with Gasteiger partial charge in [-0.1, -0.05) is 18.3 Å². The second-order valence-electron chi connectivity index (χ2n) is 4.56. The van der Waals surface area contributed by atoms with Crippen LogP contribution in [0.2, 0.25) is 0 Å². The van der Waals surface area contributed by atoms with Crippen molar-refractivity contribution in [2.45, 2.75) is 23.5 Å². The van der Waals surface area contributed by atoms with E-state index in [9.17, 15) is 0 Å². The number of anilines is 1. The zero-order chi connectivity index (χ0) is 13.8. The summed E-state index contributed by atoms with van der Waals surface area (Å²) in [6.07, 6.45) is 4.15. The van der Waals surface area contributed by atoms with Crippen molar-refractivity contribution in [3.63, 3.8) is 0 Å². The molecule has 0 aliphatic heterocycles. The molecule has 0 aromatic heterocycles. The minimum Gasteiger partial charge on any atom is -0.389 e. The first kappa shape index (κ1) is 15.7. The van der Waals surface area contributed by atoms with Crippen molar-refractivity contribution in [1.82, 2.24) is 0 Å². The highest BCUT2D eigenvalue weighted by molar-refractivity contribution is 8.00. The average molecular weight is 301 g/mol. The van der Waals surface area contributed by atoms with Crippen LogP contribution in [0.15, 0.2) is 23.1 Å². The van der Waals surface area contributed by atoms with E-state index in [0.29, 0.717) is 4.99 Å². The SMILES string of the molecule is CSc1cccc(NCC(C)(C)SC)c1C(N)=S. The summed E-state index contributed by atoms with van der Waals surface area (Å²) < 4.78 is 0.183. The number of thioether (sulfide) groups is 2. The van der Waals surface area contributed by atoms with E-state index in [1.165, 1.54) is 0 Å². The number of rotatable bonds is 6. The van der Waals surface area contributed by atoms with Gasteiger partial charge in [-0.25, -0.2) is 0 Å². The van der Waals surface area contributed by atoms with E-state index in [0.717, 1.165) is 22.7 Å². The summed E-state index contributed by atoms with van der Waals surface area (Å²) in [6, 6.07) is 6.11. The second-order valence-corrected chi connectivity index (χ2v) is 7.37. The van der Waals surface area contributed by atoms with Gasteiger partial charge in [0.05, 0.1) is 0 Å². The van der Waals surface area contributed by atoms with Crippen LogP contribution in [0.5, 0.6) is 0 Å². The molecule has 1 aromatic rings. The molecule has 5 heteroatoms. The Labute approximate surface area is 123 Å². The molecule has 100 valence electrons. The van der Waals surface area contributed by atoms with Crippen LogP contribution in [0, 0.1) is 0 Å². The monoisotopic (exact) mass is 300 g/mol. The van der Waals surface area contributed by atoms with Crippen LogP contribution in [0.25, 0.3) is 0 Å². The van der Waals surface area contributed by atoms with E-state index in [-0.39, 0.29) is 4.75 Å². The number of benzene rings is 1. The van der Waals surface area contributed by atoms with Gasteiger partial charge < -0.3 is 11.1 Å². The van der Waals surface area contributed by atoms with Crippen molar-refractivity contribution < 1.29 is 0 Å².